The van der Waals surface area contributed by atoms with Crippen LogP contribution in [0.2, 0.25) is 0 Å². The summed E-state index contributed by atoms with van der Waals surface area (Å²) in [5.41, 5.74) is 7.70. The number of rotatable bonds is 4. The minimum atomic E-state index is 0.148. The Morgan fingerprint density at radius 3 is 3.11 bits per heavy atom. The van der Waals surface area contributed by atoms with Gasteiger partial charge in [0.1, 0.15) is 11.9 Å². The molecule has 0 aliphatic carbocycles. The van der Waals surface area contributed by atoms with Crippen molar-refractivity contribution >= 4 is 0 Å². The number of aromatic nitrogens is 3. The molecule has 2 heterocycles. The van der Waals surface area contributed by atoms with E-state index in [1.54, 1.807) is 0 Å². The first-order chi connectivity index (χ1) is 8.85. The van der Waals surface area contributed by atoms with Gasteiger partial charge in [0.25, 0.3) is 0 Å². The molecule has 5 nitrogen and oxygen atoms in total. The average Bonchev–Trinajstić information content (AvgIpc) is 2.96. The highest BCUT2D eigenvalue weighted by molar-refractivity contribution is 5.37. The van der Waals surface area contributed by atoms with Crippen LogP contribution >= 0.6 is 0 Å². The highest BCUT2D eigenvalue weighted by Gasteiger charge is 2.22. The number of nitrogens with two attached hydrogens (primary N) is 1. The average molecular weight is 244 g/mol. The molecule has 0 bridgehead atoms. The van der Waals surface area contributed by atoms with Crippen LogP contribution in [-0.2, 0) is 19.4 Å². The molecule has 94 valence electrons. The molecule has 1 aromatic carbocycles. The van der Waals surface area contributed by atoms with Crippen LogP contribution in [0, 0.1) is 0 Å². The third-order valence-corrected chi connectivity index (χ3v) is 3.09. The SMILES string of the molecule is NCCc1cn(CC2Cc3ccccc3O2)nn1. The van der Waals surface area contributed by atoms with Crippen molar-refractivity contribution in [2.75, 3.05) is 6.54 Å². The third-order valence-electron chi connectivity index (χ3n) is 3.09. The summed E-state index contributed by atoms with van der Waals surface area (Å²) >= 11 is 0. The molecule has 2 N–H and O–H groups in total. The molecule has 0 radical (unpaired) electrons. The van der Waals surface area contributed by atoms with Crippen LogP contribution in [0.4, 0.5) is 0 Å². The van der Waals surface area contributed by atoms with Gasteiger partial charge in [-0.05, 0) is 18.2 Å². The predicted molar refractivity (Wildman–Crippen MR) is 67.3 cm³/mol. The first-order valence-corrected chi connectivity index (χ1v) is 6.19. The van der Waals surface area contributed by atoms with Crippen LogP contribution < -0.4 is 10.5 Å². The second-order valence-corrected chi connectivity index (χ2v) is 4.52. The summed E-state index contributed by atoms with van der Waals surface area (Å²) < 4.78 is 7.70. The number of ether oxygens (including phenoxy) is 1. The fourth-order valence-electron chi connectivity index (χ4n) is 2.25. The molecule has 1 unspecified atom stereocenters. The highest BCUT2D eigenvalue weighted by atomic mass is 16.5. The van der Waals surface area contributed by atoms with Crippen molar-refractivity contribution in [3.8, 4) is 5.75 Å². The van der Waals surface area contributed by atoms with E-state index in [0.717, 1.165) is 30.8 Å². The van der Waals surface area contributed by atoms with Crippen LogP contribution in [0.15, 0.2) is 30.5 Å². The summed E-state index contributed by atoms with van der Waals surface area (Å²) in [5, 5.41) is 8.17. The predicted octanol–water partition coefficient (Wildman–Crippen LogP) is 0.783. The van der Waals surface area contributed by atoms with Gasteiger partial charge in [-0.2, -0.15) is 0 Å². The molecule has 3 rings (SSSR count). The van der Waals surface area contributed by atoms with E-state index in [2.05, 4.69) is 16.4 Å². The number of para-hydroxylation sites is 1. The molecule has 0 spiro atoms. The van der Waals surface area contributed by atoms with Crippen LogP contribution in [-0.4, -0.2) is 27.6 Å². The van der Waals surface area contributed by atoms with Crippen molar-refractivity contribution in [3.63, 3.8) is 0 Å². The minimum absolute atomic E-state index is 0.148. The van der Waals surface area contributed by atoms with E-state index in [0.29, 0.717) is 6.54 Å². The molecule has 1 aliphatic rings. The van der Waals surface area contributed by atoms with Crippen molar-refractivity contribution in [1.29, 1.82) is 0 Å². The molecule has 0 amide bonds. The Labute approximate surface area is 106 Å². The van der Waals surface area contributed by atoms with Gasteiger partial charge in [0.15, 0.2) is 0 Å². The number of benzene rings is 1. The lowest BCUT2D eigenvalue weighted by atomic mass is 10.1. The van der Waals surface area contributed by atoms with E-state index >= 15 is 0 Å². The van der Waals surface area contributed by atoms with E-state index in [1.165, 1.54) is 5.56 Å². The smallest absolute Gasteiger partial charge is 0.123 e. The lowest BCUT2D eigenvalue weighted by Crippen LogP contribution is -2.21. The van der Waals surface area contributed by atoms with Gasteiger partial charge in [0, 0.05) is 19.0 Å². The zero-order valence-electron chi connectivity index (χ0n) is 10.1. The molecular formula is C13H16N4O. The van der Waals surface area contributed by atoms with Gasteiger partial charge >= 0.3 is 0 Å². The lowest BCUT2D eigenvalue weighted by Gasteiger charge is -2.09. The standard InChI is InChI=1S/C13H16N4O/c14-6-5-11-8-17(16-15-11)9-12-7-10-3-1-2-4-13(10)18-12/h1-4,8,12H,5-7,9,14H2. The van der Waals surface area contributed by atoms with Gasteiger partial charge in [-0.15, -0.1) is 5.10 Å². The summed E-state index contributed by atoms with van der Waals surface area (Å²) in [5.74, 6) is 0.991. The van der Waals surface area contributed by atoms with Gasteiger partial charge in [-0.3, -0.25) is 0 Å². The van der Waals surface area contributed by atoms with Crippen LogP contribution in [0.3, 0.4) is 0 Å². The van der Waals surface area contributed by atoms with Gasteiger partial charge in [0.2, 0.25) is 0 Å². The van der Waals surface area contributed by atoms with Gasteiger partial charge < -0.3 is 10.5 Å². The van der Waals surface area contributed by atoms with E-state index in [-0.39, 0.29) is 6.10 Å². The lowest BCUT2D eigenvalue weighted by molar-refractivity contribution is 0.202. The summed E-state index contributed by atoms with van der Waals surface area (Å²) in [7, 11) is 0. The Morgan fingerprint density at radius 1 is 1.39 bits per heavy atom. The zero-order valence-corrected chi connectivity index (χ0v) is 10.1. The number of hydrogen-bond donors (Lipinski definition) is 1. The topological polar surface area (TPSA) is 66.0 Å². The fourth-order valence-corrected chi connectivity index (χ4v) is 2.25. The molecule has 1 atom stereocenters. The van der Waals surface area contributed by atoms with E-state index in [4.69, 9.17) is 10.5 Å². The normalized spacial score (nSPS) is 17.5. The Morgan fingerprint density at radius 2 is 2.28 bits per heavy atom. The monoisotopic (exact) mass is 244 g/mol. The molecular weight excluding hydrogens is 228 g/mol. The van der Waals surface area contributed by atoms with E-state index in [9.17, 15) is 0 Å². The number of nitrogens with zero attached hydrogens (tertiary/aromatic N) is 3. The zero-order chi connectivity index (χ0) is 12.4. The molecule has 0 saturated heterocycles. The fraction of sp³-hybridized carbons (Fsp3) is 0.385. The molecule has 0 saturated carbocycles. The largest absolute Gasteiger partial charge is 0.488 e. The van der Waals surface area contributed by atoms with E-state index < -0.39 is 0 Å². The summed E-state index contributed by atoms with van der Waals surface area (Å²) in [6.45, 7) is 1.33. The second-order valence-electron chi connectivity index (χ2n) is 4.52. The first kappa shape index (κ1) is 11.2. The number of hydrogen-bond acceptors (Lipinski definition) is 4. The van der Waals surface area contributed by atoms with Gasteiger partial charge in [0.05, 0.1) is 12.2 Å². The summed E-state index contributed by atoms with van der Waals surface area (Å²) in [4.78, 5) is 0. The van der Waals surface area contributed by atoms with Gasteiger partial charge in [-0.1, -0.05) is 23.4 Å². The quantitative estimate of drug-likeness (QED) is 0.863. The maximum Gasteiger partial charge on any atom is 0.123 e. The summed E-state index contributed by atoms with van der Waals surface area (Å²) in [6, 6.07) is 8.16. The van der Waals surface area contributed by atoms with Crippen molar-refractivity contribution in [3.05, 3.63) is 41.7 Å². The number of fused-ring (bicyclic) bond motifs is 1. The maximum atomic E-state index is 5.87. The van der Waals surface area contributed by atoms with Crippen LogP contribution in [0.25, 0.3) is 0 Å². The molecule has 1 aliphatic heterocycles. The molecule has 18 heavy (non-hydrogen) atoms. The van der Waals surface area contributed by atoms with Crippen molar-refractivity contribution in [2.24, 2.45) is 5.73 Å². The Bertz CT molecular complexity index is 512. The van der Waals surface area contributed by atoms with Crippen molar-refractivity contribution in [2.45, 2.75) is 25.5 Å². The molecule has 5 heteroatoms. The van der Waals surface area contributed by atoms with Crippen LogP contribution in [0.5, 0.6) is 5.75 Å². The van der Waals surface area contributed by atoms with Crippen LogP contribution in [0.1, 0.15) is 11.3 Å². The maximum absolute atomic E-state index is 5.87. The molecule has 0 fully saturated rings. The second kappa shape index (κ2) is 4.78. The van der Waals surface area contributed by atoms with Gasteiger partial charge in [-0.25, -0.2) is 4.68 Å². The highest BCUT2D eigenvalue weighted by Crippen LogP contribution is 2.28. The molecule has 1 aromatic heterocycles. The van der Waals surface area contributed by atoms with Crippen molar-refractivity contribution in [1.82, 2.24) is 15.0 Å². The Hall–Kier alpha value is -1.88. The van der Waals surface area contributed by atoms with Crippen molar-refractivity contribution < 1.29 is 4.74 Å². The third kappa shape index (κ3) is 2.22. The van der Waals surface area contributed by atoms with E-state index in [1.807, 2.05) is 29.1 Å². The first-order valence-electron chi connectivity index (χ1n) is 6.19. The molecule has 2 aromatic rings. The summed E-state index contributed by atoms with van der Waals surface area (Å²) in [6.07, 6.45) is 3.79. The Balaban J connectivity index is 1.65. The minimum Gasteiger partial charge on any atom is -0.488 e. The Kier molecular flexibility index (Phi) is 2.98.